The van der Waals surface area contributed by atoms with Crippen LogP contribution in [0, 0.1) is 27.9 Å². The van der Waals surface area contributed by atoms with E-state index in [1.54, 1.807) is 11.0 Å². The summed E-state index contributed by atoms with van der Waals surface area (Å²) in [7, 11) is 0. The SMILES string of the molecule is CC(C)CN(CC(C)C)C(=O)COC(=O)c1ccc(N2CCC[C@@H](C)C2)c([N+](=O)[O-])c1. The normalized spacial score (nSPS) is 16.5. The third kappa shape index (κ3) is 7.22. The predicted molar refractivity (Wildman–Crippen MR) is 120 cm³/mol. The van der Waals surface area contributed by atoms with Crippen molar-refractivity contribution in [3.63, 3.8) is 0 Å². The highest BCUT2D eigenvalue weighted by Crippen LogP contribution is 2.32. The summed E-state index contributed by atoms with van der Waals surface area (Å²) in [5, 5.41) is 11.6. The molecule has 2 rings (SSSR count). The van der Waals surface area contributed by atoms with Gasteiger partial charge < -0.3 is 14.5 Å². The minimum Gasteiger partial charge on any atom is -0.452 e. The molecule has 0 aromatic heterocycles. The van der Waals surface area contributed by atoms with Gasteiger partial charge in [0.2, 0.25) is 0 Å². The Morgan fingerprint density at radius 3 is 2.42 bits per heavy atom. The minimum absolute atomic E-state index is 0.0765. The number of hydrogen-bond acceptors (Lipinski definition) is 6. The summed E-state index contributed by atoms with van der Waals surface area (Å²) >= 11 is 0. The number of ether oxygens (including phenoxy) is 1. The first kappa shape index (κ1) is 24.6. The van der Waals surface area contributed by atoms with E-state index in [1.165, 1.54) is 12.1 Å². The average molecular weight is 434 g/mol. The zero-order valence-corrected chi connectivity index (χ0v) is 19.3. The lowest BCUT2D eigenvalue weighted by Gasteiger charge is -2.32. The lowest BCUT2D eigenvalue weighted by molar-refractivity contribution is -0.384. The fraction of sp³-hybridized carbons (Fsp3) is 0.652. The maximum absolute atomic E-state index is 12.6. The van der Waals surface area contributed by atoms with Crippen LogP contribution in [-0.4, -0.2) is 54.5 Å². The number of nitrogens with zero attached hydrogens (tertiary/aromatic N) is 3. The molecule has 1 heterocycles. The van der Waals surface area contributed by atoms with Crippen molar-refractivity contribution in [1.29, 1.82) is 0 Å². The molecule has 1 fully saturated rings. The number of benzene rings is 1. The van der Waals surface area contributed by atoms with Crippen LogP contribution in [0.4, 0.5) is 11.4 Å². The smallest absolute Gasteiger partial charge is 0.338 e. The first-order chi connectivity index (χ1) is 14.6. The van der Waals surface area contributed by atoms with Crippen LogP contribution in [0.15, 0.2) is 18.2 Å². The Morgan fingerprint density at radius 2 is 1.87 bits per heavy atom. The van der Waals surface area contributed by atoms with Gasteiger partial charge in [0, 0.05) is 32.2 Å². The number of piperidine rings is 1. The molecule has 8 heteroatoms. The highest BCUT2D eigenvalue weighted by molar-refractivity contribution is 5.93. The van der Waals surface area contributed by atoms with E-state index in [1.807, 2.05) is 32.6 Å². The van der Waals surface area contributed by atoms with Crippen molar-refractivity contribution in [2.24, 2.45) is 17.8 Å². The molecule has 0 unspecified atom stereocenters. The highest BCUT2D eigenvalue weighted by Gasteiger charge is 2.26. The van der Waals surface area contributed by atoms with Crippen LogP contribution >= 0.6 is 0 Å². The summed E-state index contributed by atoms with van der Waals surface area (Å²) in [6, 6.07) is 4.40. The molecule has 1 aromatic rings. The van der Waals surface area contributed by atoms with E-state index in [2.05, 4.69) is 6.92 Å². The molecule has 0 bridgehead atoms. The van der Waals surface area contributed by atoms with Gasteiger partial charge in [0.05, 0.1) is 10.5 Å². The second kappa shape index (κ2) is 11.1. The molecule has 1 aliphatic rings. The first-order valence-corrected chi connectivity index (χ1v) is 11.1. The number of nitro groups is 1. The third-order valence-electron chi connectivity index (χ3n) is 5.26. The summed E-state index contributed by atoms with van der Waals surface area (Å²) in [5.74, 6) is 0.0639. The van der Waals surface area contributed by atoms with Gasteiger partial charge in [-0.15, -0.1) is 0 Å². The van der Waals surface area contributed by atoms with Gasteiger partial charge in [-0.3, -0.25) is 14.9 Å². The Labute approximate surface area is 184 Å². The lowest BCUT2D eigenvalue weighted by Crippen LogP contribution is -2.39. The Bertz CT molecular complexity index is 783. The Balaban J connectivity index is 2.09. The van der Waals surface area contributed by atoms with Gasteiger partial charge in [-0.2, -0.15) is 0 Å². The van der Waals surface area contributed by atoms with Crippen LogP contribution in [0.2, 0.25) is 0 Å². The molecular formula is C23H35N3O5. The molecule has 0 saturated carbocycles. The summed E-state index contributed by atoms with van der Waals surface area (Å²) < 4.78 is 5.20. The Kier molecular flexibility index (Phi) is 8.83. The number of carbonyl (C=O) groups is 2. The van der Waals surface area contributed by atoms with Crippen LogP contribution < -0.4 is 4.90 Å². The van der Waals surface area contributed by atoms with Crippen molar-refractivity contribution < 1.29 is 19.2 Å². The summed E-state index contributed by atoms with van der Waals surface area (Å²) in [5.41, 5.74) is 0.480. The number of carbonyl (C=O) groups excluding carboxylic acids is 2. The average Bonchev–Trinajstić information content (AvgIpc) is 2.70. The maximum atomic E-state index is 12.6. The molecule has 31 heavy (non-hydrogen) atoms. The number of anilines is 1. The molecular weight excluding hydrogens is 398 g/mol. The summed E-state index contributed by atoms with van der Waals surface area (Å²) in [4.78, 5) is 39.9. The summed E-state index contributed by atoms with van der Waals surface area (Å²) in [6.45, 7) is 12.5. The Hall–Kier alpha value is -2.64. The number of rotatable bonds is 9. The van der Waals surface area contributed by atoms with E-state index in [-0.39, 0.29) is 23.8 Å². The molecule has 0 spiro atoms. The second-order valence-electron chi connectivity index (χ2n) is 9.32. The standard InChI is InChI=1S/C23H35N3O5/c1-16(2)12-25(13-17(3)4)22(27)15-31-23(28)19-8-9-20(21(11-19)26(29)30)24-10-6-7-18(5)14-24/h8-9,11,16-18H,6-7,10,12-15H2,1-5H3/t18-/m1/s1. The second-order valence-corrected chi connectivity index (χ2v) is 9.32. The topological polar surface area (TPSA) is 93.0 Å². The van der Waals surface area contributed by atoms with E-state index in [0.717, 1.165) is 25.9 Å². The van der Waals surface area contributed by atoms with E-state index in [9.17, 15) is 19.7 Å². The van der Waals surface area contributed by atoms with Crippen LogP contribution in [0.1, 0.15) is 57.8 Å². The van der Waals surface area contributed by atoms with Crippen molar-refractivity contribution >= 4 is 23.3 Å². The van der Waals surface area contributed by atoms with Crippen LogP contribution in [0.25, 0.3) is 0 Å². The van der Waals surface area contributed by atoms with Gasteiger partial charge in [-0.05, 0) is 42.7 Å². The maximum Gasteiger partial charge on any atom is 0.338 e. The van der Waals surface area contributed by atoms with Gasteiger partial charge in [0.1, 0.15) is 5.69 Å². The van der Waals surface area contributed by atoms with Crippen molar-refractivity contribution in [2.45, 2.75) is 47.5 Å². The lowest BCUT2D eigenvalue weighted by atomic mass is 9.99. The molecule has 8 nitrogen and oxygen atoms in total. The Morgan fingerprint density at radius 1 is 1.23 bits per heavy atom. The number of nitro benzene ring substituents is 1. The molecule has 172 valence electrons. The van der Waals surface area contributed by atoms with Crippen LogP contribution in [-0.2, 0) is 9.53 Å². The molecule has 0 radical (unpaired) electrons. The third-order valence-corrected chi connectivity index (χ3v) is 5.26. The van der Waals surface area contributed by atoms with Crippen LogP contribution in [0.5, 0.6) is 0 Å². The van der Waals surface area contributed by atoms with E-state index in [4.69, 9.17) is 4.74 Å². The monoisotopic (exact) mass is 433 g/mol. The molecule has 1 atom stereocenters. The zero-order chi connectivity index (χ0) is 23.1. The van der Waals surface area contributed by atoms with Gasteiger partial charge in [0.15, 0.2) is 6.61 Å². The largest absolute Gasteiger partial charge is 0.452 e. The number of hydrogen-bond donors (Lipinski definition) is 0. The number of amides is 1. The highest BCUT2D eigenvalue weighted by atomic mass is 16.6. The fourth-order valence-electron chi connectivity index (χ4n) is 3.93. The first-order valence-electron chi connectivity index (χ1n) is 11.1. The van der Waals surface area contributed by atoms with Gasteiger partial charge in [0.25, 0.3) is 11.6 Å². The zero-order valence-electron chi connectivity index (χ0n) is 19.3. The van der Waals surface area contributed by atoms with Gasteiger partial charge in [-0.25, -0.2) is 4.79 Å². The summed E-state index contributed by atoms with van der Waals surface area (Å²) in [6.07, 6.45) is 2.08. The molecule has 1 amide bonds. The van der Waals surface area contributed by atoms with Crippen LogP contribution in [0.3, 0.4) is 0 Å². The van der Waals surface area contributed by atoms with E-state index >= 15 is 0 Å². The predicted octanol–water partition coefficient (Wildman–Crippen LogP) is 4.13. The van der Waals surface area contributed by atoms with Crippen molar-refractivity contribution in [1.82, 2.24) is 4.90 Å². The van der Waals surface area contributed by atoms with Crippen molar-refractivity contribution in [3.8, 4) is 0 Å². The fourth-order valence-corrected chi connectivity index (χ4v) is 3.93. The van der Waals surface area contributed by atoms with Gasteiger partial charge >= 0.3 is 5.97 Å². The van der Waals surface area contributed by atoms with E-state index < -0.39 is 10.9 Å². The molecule has 1 aromatic carbocycles. The van der Waals surface area contributed by atoms with Crippen molar-refractivity contribution in [2.75, 3.05) is 37.7 Å². The molecule has 0 aliphatic carbocycles. The minimum atomic E-state index is -0.732. The number of esters is 1. The van der Waals surface area contributed by atoms with Gasteiger partial charge in [-0.1, -0.05) is 34.6 Å². The molecule has 1 saturated heterocycles. The van der Waals surface area contributed by atoms with E-state index in [0.29, 0.717) is 36.5 Å². The molecule has 0 N–H and O–H groups in total. The molecule has 1 aliphatic heterocycles. The van der Waals surface area contributed by atoms with Crippen molar-refractivity contribution in [3.05, 3.63) is 33.9 Å². The quantitative estimate of drug-likeness (QED) is 0.330.